The Hall–Kier alpha value is -1.49. The van der Waals surface area contributed by atoms with Crippen LogP contribution in [0.4, 0.5) is 4.39 Å². The number of halogens is 1. The van der Waals surface area contributed by atoms with Gasteiger partial charge in [-0.15, -0.1) is 0 Å². The maximum absolute atomic E-state index is 12.8. The second kappa shape index (κ2) is 6.44. The minimum Gasteiger partial charge on any atom is -0.351 e. The molecule has 0 atom stereocenters. The van der Waals surface area contributed by atoms with Gasteiger partial charge in [0.05, 0.1) is 6.20 Å². The number of hydrogen-bond acceptors (Lipinski definition) is 3. The highest BCUT2D eigenvalue weighted by atomic mass is 19.1. The zero-order valence-corrected chi connectivity index (χ0v) is 11.1. The van der Waals surface area contributed by atoms with Crippen LogP contribution in [0.15, 0.2) is 18.5 Å². The number of hydrogen-bond donors (Lipinski definition) is 2. The molecule has 0 saturated heterocycles. The van der Waals surface area contributed by atoms with Crippen molar-refractivity contribution in [3.05, 3.63) is 29.8 Å². The van der Waals surface area contributed by atoms with Gasteiger partial charge in [-0.3, -0.25) is 9.78 Å². The quantitative estimate of drug-likeness (QED) is 0.784. The predicted octanol–water partition coefficient (Wildman–Crippen LogP) is 1.62. The number of aromatic nitrogens is 1. The molecule has 100 valence electrons. The Morgan fingerprint density at radius 3 is 2.72 bits per heavy atom. The van der Waals surface area contributed by atoms with E-state index in [0.717, 1.165) is 5.56 Å². The number of amides is 1. The van der Waals surface area contributed by atoms with E-state index in [1.54, 1.807) is 6.20 Å². The summed E-state index contributed by atoms with van der Waals surface area (Å²) in [5.74, 6) is -0.341. The lowest BCUT2D eigenvalue weighted by Crippen LogP contribution is -2.41. The zero-order valence-electron chi connectivity index (χ0n) is 11.1. The maximum atomic E-state index is 12.8. The number of carbonyl (C=O) groups excluding carboxylic acids is 1. The van der Waals surface area contributed by atoms with Crippen molar-refractivity contribution in [3.8, 4) is 0 Å². The van der Waals surface area contributed by atoms with Gasteiger partial charge in [0.2, 0.25) is 5.91 Å². The van der Waals surface area contributed by atoms with Crippen molar-refractivity contribution < 1.29 is 9.18 Å². The van der Waals surface area contributed by atoms with Crippen LogP contribution in [0, 0.1) is 5.82 Å². The van der Waals surface area contributed by atoms with Gasteiger partial charge in [0, 0.05) is 31.2 Å². The van der Waals surface area contributed by atoms with Gasteiger partial charge in [-0.05, 0) is 32.4 Å². The standard InChI is InChI=1S/C13H20FN3O/c1-13(2,3)17-12(18)4-5-15-7-10-6-11(14)9-16-8-10/h6,8-9,15H,4-5,7H2,1-3H3,(H,17,18). The molecular weight excluding hydrogens is 233 g/mol. The summed E-state index contributed by atoms with van der Waals surface area (Å²) in [6.45, 7) is 6.89. The lowest BCUT2D eigenvalue weighted by molar-refractivity contribution is -0.122. The zero-order chi connectivity index (χ0) is 13.6. The van der Waals surface area contributed by atoms with Crippen LogP contribution in [-0.2, 0) is 11.3 Å². The van der Waals surface area contributed by atoms with Crippen molar-refractivity contribution in [1.29, 1.82) is 0 Å². The molecule has 1 amide bonds. The summed E-state index contributed by atoms with van der Waals surface area (Å²) in [6, 6.07) is 1.43. The van der Waals surface area contributed by atoms with Crippen LogP contribution < -0.4 is 10.6 Å². The molecule has 5 heteroatoms. The summed E-state index contributed by atoms with van der Waals surface area (Å²) < 4.78 is 12.8. The third kappa shape index (κ3) is 6.30. The fraction of sp³-hybridized carbons (Fsp3) is 0.538. The molecule has 0 aliphatic carbocycles. The van der Waals surface area contributed by atoms with Crippen molar-refractivity contribution in [2.75, 3.05) is 6.54 Å². The summed E-state index contributed by atoms with van der Waals surface area (Å²) in [5, 5.41) is 5.95. The average molecular weight is 253 g/mol. The molecular formula is C13H20FN3O. The highest BCUT2D eigenvalue weighted by Gasteiger charge is 2.12. The van der Waals surface area contributed by atoms with E-state index >= 15 is 0 Å². The summed E-state index contributed by atoms with van der Waals surface area (Å²) in [6.07, 6.45) is 3.17. The molecule has 1 aromatic rings. The van der Waals surface area contributed by atoms with E-state index in [0.29, 0.717) is 19.5 Å². The second-order valence-corrected chi connectivity index (χ2v) is 5.24. The van der Waals surface area contributed by atoms with Gasteiger partial charge in [-0.1, -0.05) is 0 Å². The average Bonchev–Trinajstić information content (AvgIpc) is 2.22. The Bertz CT molecular complexity index is 401. The molecule has 0 aliphatic rings. The third-order valence-corrected chi connectivity index (χ3v) is 2.13. The highest BCUT2D eigenvalue weighted by molar-refractivity contribution is 5.76. The van der Waals surface area contributed by atoms with Gasteiger partial charge in [0.25, 0.3) is 0 Å². The molecule has 0 bridgehead atoms. The third-order valence-electron chi connectivity index (χ3n) is 2.13. The molecule has 0 fully saturated rings. The molecule has 1 aromatic heterocycles. The second-order valence-electron chi connectivity index (χ2n) is 5.24. The smallest absolute Gasteiger partial charge is 0.221 e. The molecule has 0 spiro atoms. The number of carbonyl (C=O) groups is 1. The number of pyridine rings is 1. The summed E-state index contributed by atoms with van der Waals surface area (Å²) in [4.78, 5) is 15.3. The number of nitrogens with one attached hydrogen (secondary N) is 2. The Labute approximate surface area is 107 Å². The van der Waals surface area contributed by atoms with Gasteiger partial charge in [-0.25, -0.2) is 4.39 Å². The van der Waals surface area contributed by atoms with Crippen LogP contribution in [0.25, 0.3) is 0 Å². The van der Waals surface area contributed by atoms with E-state index in [1.165, 1.54) is 12.3 Å². The molecule has 2 N–H and O–H groups in total. The van der Waals surface area contributed by atoms with Crippen LogP contribution in [-0.4, -0.2) is 23.0 Å². The molecule has 4 nitrogen and oxygen atoms in total. The lowest BCUT2D eigenvalue weighted by Gasteiger charge is -2.20. The fourth-order valence-corrected chi connectivity index (χ4v) is 1.47. The number of nitrogens with zero attached hydrogens (tertiary/aromatic N) is 1. The van der Waals surface area contributed by atoms with Gasteiger partial charge in [-0.2, -0.15) is 0 Å². The van der Waals surface area contributed by atoms with Crippen LogP contribution in [0.2, 0.25) is 0 Å². The van der Waals surface area contributed by atoms with Crippen molar-refractivity contribution in [2.24, 2.45) is 0 Å². The van der Waals surface area contributed by atoms with E-state index in [2.05, 4.69) is 15.6 Å². The van der Waals surface area contributed by atoms with Gasteiger partial charge in [0.15, 0.2) is 0 Å². The minimum absolute atomic E-state index is 0.00682. The van der Waals surface area contributed by atoms with Crippen molar-refractivity contribution >= 4 is 5.91 Å². The van der Waals surface area contributed by atoms with Gasteiger partial charge < -0.3 is 10.6 Å². The minimum atomic E-state index is -0.347. The molecule has 0 aliphatic heterocycles. The first-order chi connectivity index (χ1) is 8.37. The Balaban J connectivity index is 2.21. The fourth-order valence-electron chi connectivity index (χ4n) is 1.47. The normalized spacial score (nSPS) is 11.3. The summed E-state index contributed by atoms with van der Waals surface area (Å²) >= 11 is 0. The summed E-state index contributed by atoms with van der Waals surface area (Å²) in [7, 11) is 0. The van der Waals surface area contributed by atoms with Crippen molar-refractivity contribution in [1.82, 2.24) is 15.6 Å². The Morgan fingerprint density at radius 1 is 1.39 bits per heavy atom. The molecule has 1 heterocycles. The van der Waals surface area contributed by atoms with Crippen molar-refractivity contribution in [3.63, 3.8) is 0 Å². The molecule has 0 aromatic carbocycles. The first kappa shape index (κ1) is 14.6. The van der Waals surface area contributed by atoms with Crippen LogP contribution >= 0.6 is 0 Å². The van der Waals surface area contributed by atoms with E-state index in [1.807, 2.05) is 20.8 Å². The molecule has 0 unspecified atom stereocenters. The Morgan fingerprint density at radius 2 is 2.11 bits per heavy atom. The van der Waals surface area contributed by atoms with Crippen molar-refractivity contribution in [2.45, 2.75) is 39.3 Å². The van der Waals surface area contributed by atoms with E-state index in [-0.39, 0.29) is 17.3 Å². The predicted molar refractivity (Wildman–Crippen MR) is 68.4 cm³/mol. The molecule has 0 saturated carbocycles. The van der Waals surface area contributed by atoms with E-state index in [4.69, 9.17) is 0 Å². The van der Waals surface area contributed by atoms with Crippen LogP contribution in [0.5, 0.6) is 0 Å². The maximum Gasteiger partial charge on any atom is 0.221 e. The Kier molecular flexibility index (Phi) is 5.22. The lowest BCUT2D eigenvalue weighted by atomic mass is 10.1. The monoisotopic (exact) mass is 253 g/mol. The van der Waals surface area contributed by atoms with Gasteiger partial charge >= 0.3 is 0 Å². The first-order valence-electron chi connectivity index (χ1n) is 5.98. The van der Waals surface area contributed by atoms with Gasteiger partial charge in [0.1, 0.15) is 5.82 Å². The van der Waals surface area contributed by atoms with Crippen LogP contribution in [0.3, 0.4) is 0 Å². The molecule has 0 radical (unpaired) electrons. The topological polar surface area (TPSA) is 54.0 Å². The van der Waals surface area contributed by atoms with Crippen LogP contribution in [0.1, 0.15) is 32.8 Å². The highest BCUT2D eigenvalue weighted by Crippen LogP contribution is 2.01. The SMILES string of the molecule is CC(C)(C)NC(=O)CCNCc1cncc(F)c1. The van der Waals surface area contributed by atoms with E-state index in [9.17, 15) is 9.18 Å². The largest absolute Gasteiger partial charge is 0.351 e. The first-order valence-corrected chi connectivity index (χ1v) is 5.98. The number of rotatable bonds is 5. The molecule has 18 heavy (non-hydrogen) atoms. The summed E-state index contributed by atoms with van der Waals surface area (Å²) in [5.41, 5.74) is 0.565. The molecule has 1 rings (SSSR count). The van der Waals surface area contributed by atoms with E-state index < -0.39 is 0 Å².